The van der Waals surface area contributed by atoms with Crippen molar-refractivity contribution in [3.05, 3.63) is 42.0 Å². The molecule has 0 aliphatic heterocycles. The van der Waals surface area contributed by atoms with Crippen LogP contribution in [0.4, 0.5) is 0 Å². The third-order valence-electron chi connectivity index (χ3n) is 2.50. The first kappa shape index (κ1) is 11.6. The van der Waals surface area contributed by atoms with Gasteiger partial charge in [-0.1, -0.05) is 20.1 Å². The molecule has 0 fully saturated rings. The maximum absolute atomic E-state index is 10.0. The number of benzene rings is 1. The summed E-state index contributed by atoms with van der Waals surface area (Å²) in [5, 5.41) is 10.0. The molecular weight excluding hydrogens is 184 g/mol. The van der Waals surface area contributed by atoms with Crippen molar-refractivity contribution in [2.75, 3.05) is 0 Å². The standard InChI is InChI=1S/C14H18O/c1-6-11-7-12(9(2)3)14(15)13(8-11)10(4)5/h7-8,15H,2,4,6H2,1,3,5H3. The fraction of sp³-hybridized carbons (Fsp3) is 0.286. The van der Waals surface area contributed by atoms with E-state index in [9.17, 15) is 5.11 Å². The van der Waals surface area contributed by atoms with Gasteiger partial charge in [0.15, 0.2) is 0 Å². The highest BCUT2D eigenvalue weighted by molar-refractivity contribution is 5.77. The van der Waals surface area contributed by atoms with Gasteiger partial charge in [0.05, 0.1) is 0 Å². The van der Waals surface area contributed by atoms with Gasteiger partial charge in [-0.2, -0.15) is 0 Å². The van der Waals surface area contributed by atoms with Gasteiger partial charge < -0.3 is 5.11 Å². The Kier molecular flexibility index (Phi) is 3.35. The van der Waals surface area contributed by atoms with Crippen LogP contribution in [0.3, 0.4) is 0 Å². The summed E-state index contributed by atoms with van der Waals surface area (Å²) in [6, 6.07) is 3.98. The first-order chi connectivity index (χ1) is 6.97. The molecular formula is C14H18O. The van der Waals surface area contributed by atoms with Crippen LogP contribution in [0.25, 0.3) is 11.1 Å². The van der Waals surface area contributed by atoms with E-state index in [4.69, 9.17) is 0 Å². The van der Waals surface area contributed by atoms with Gasteiger partial charge in [0, 0.05) is 11.1 Å². The van der Waals surface area contributed by atoms with Crippen LogP contribution in [-0.2, 0) is 6.42 Å². The van der Waals surface area contributed by atoms with Gasteiger partial charge in [0.25, 0.3) is 0 Å². The van der Waals surface area contributed by atoms with E-state index in [1.54, 1.807) is 0 Å². The van der Waals surface area contributed by atoms with E-state index in [2.05, 4.69) is 20.1 Å². The smallest absolute Gasteiger partial charge is 0.130 e. The molecule has 1 N–H and O–H groups in total. The first-order valence-corrected chi connectivity index (χ1v) is 5.15. The second-order valence-corrected chi connectivity index (χ2v) is 3.95. The number of rotatable bonds is 3. The van der Waals surface area contributed by atoms with Gasteiger partial charge >= 0.3 is 0 Å². The Morgan fingerprint density at radius 3 is 1.80 bits per heavy atom. The minimum absolute atomic E-state index is 0.298. The molecule has 80 valence electrons. The Morgan fingerprint density at radius 2 is 1.53 bits per heavy atom. The minimum Gasteiger partial charge on any atom is -0.507 e. The van der Waals surface area contributed by atoms with Crippen molar-refractivity contribution in [1.29, 1.82) is 0 Å². The summed E-state index contributed by atoms with van der Waals surface area (Å²) in [6.07, 6.45) is 0.945. The van der Waals surface area contributed by atoms with Crippen molar-refractivity contribution in [3.63, 3.8) is 0 Å². The maximum atomic E-state index is 10.0. The normalized spacial score (nSPS) is 10.1. The summed E-state index contributed by atoms with van der Waals surface area (Å²) in [7, 11) is 0. The number of phenolic OH excluding ortho intramolecular Hbond substituents is 1. The van der Waals surface area contributed by atoms with E-state index in [-0.39, 0.29) is 0 Å². The van der Waals surface area contributed by atoms with Crippen molar-refractivity contribution in [1.82, 2.24) is 0 Å². The van der Waals surface area contributed by atoms with E-state index in [0.29, 0.717) is 5.75 Å². The van der Waals surface area contributed by atoms with Crippen LogP contribution < -0.4 is 0 Å². The molecule has 1 rings (SSSR count). The van der Waals surface area contributed by atoms with E-state index in [1.807, 2.05) is 26.0 Å². The van der Waals surface area contributed by atoms with Crippen LogP contribution >= 0.6 is 0 Å². The van der Waals surface area contributed by atoms with Crippen molar-refractivity contribution < 1.29 is 5.11 Å². The lowest BCUT2D eigenvalue weighted by molar-refractivity contribution is 0.471. The summed E-state index contributed by atoms with van der Waals surface area (Å²) in [5.41, 5.74) is 4.61. The predicted molar refractivity (Wildman–Crippen MR) is 66.9 cm³/mol. The fourth-order valence-electron chi connectivity index (χ4n) is 1.55. The lowest BCUT2D eigenvalue weighted by Gasteiger charge is -2.12. The zero-order valence-electron chi connectivity index (χ0n) is 9.72. The Labute approximate surface area is 91.8 Å². The van der Waals surface area contributed by atoms with Crippen LogP contribution in [0.1, 0.15) is 37.5 Å². The monoisotopic (exact) mass is 202 g/mol. The molecule has 0 heterocycles. The number of phenols is 1. The summed E-state index contributed by atoms with van der Waals surface area (Å²) in [6.45, 7) is 13.6. The number of hydrogen-bond donors (Lipinski definition) is 1. The third-order valence-corrected chi connectivity index (χ3v) is 2.50. The lowest BCUT2D eigenvalue weighted by Crippen LogP contribution is -1.91. The Bertz CT molecular complexity index is 378. The minimum atomic E-state index is 0.298. The number of hydrogen-bond acceptors (Lipinski definition) is 1. The summed E-state index contributed by atoms with van der Waals surface area (Å²) in [4.78, 5) is 0. The summed E-state index contributed by atoms with van der Waals surface area (Å²) < 4.78 is 0. The molecule has 0 spiro atoms. The van der Waals surface area contributed by atoms with Gasteiger partial charge in [-0.25, -0.2) is 0 Å². The average molecular weight is 202 g/mol. The maximum Gasteiger partial charge on any atom is 0.130 e. The zero-order chi connectivity index (χ0) is 11.6. The van der Waals surface area contributed by atoms with Crippen LogP contribution in [-0.4, -0.2) is 5.11 Å². The summed E-state index contributed by atoms with van der Waals surface area (Å²) in [5.74, 6) is 0.298. The molecule has 0 saturated carbocycles. The van der Waals surface area contributed by atoms with Crippen molar-refractivity contribution >= 4 is 11.1 Å². The molecule has 0 atom stereocenters. The van der Waals surface area contributed by atoms with Crippen molar-refractivity contribution in [2.45, 2.75) is 27.2 Å². The van der Waals surface area contributed by atoms with Crippen LogP contribution in [0.5, 0.6) is 5.75 Å². The number of allylic oxidation sites excluding steroid dienone is 2. The molecule has 15 heavy (non-hydrogen) atoms. The molecule has 1 nitrogen and oxygen atoms in total. The fourth-order valence-corrected chi connectivity index (χ4v) is 1.55. The molecule has 1 heteroatoms. The molecule has 0 unspecified atom stereocenters. The van der Waals surface area contributed by atoms with Gasteiger partial charge in [-0.3, -0.25) is 0 Å². The topological polar surface area (TPSA) is 20.2 Å². The zero-order valence-corrected chi connectivity index (χ0v) is 9.72. The van der Waals surface area contributed by atoms with Gasteiger partial charge in [0.2, 0.25) is 0 Å². The predicted octanol–water partition coefficient (Wildman–Crippen LogP) is 4.02. The second kappa shape index (κ2) is 4.35. The third kappa shape index (κ3) is 2.30. The quantitative estimate of drug-likeness (QED) is 0.784. The Balaban J connectivity index is 3.47. The molecule has 1 aromatic carbocycles. The molecule has 0 aliphatic carbocycles. The molecule has 1 aromatic rings. The van der Waals surface area contributed by atoms with E-state index in [0.717, 1.165) is 28.7 Å². The first-order valence-electron chi connectivity index (χ1n) is 5.15. The SMILES string of the molecule is C=C(C)c1cc(CC)cc(C(=C)C)c1O. The van der Waals surface area contributed by atoms with Crippen molar-refractivity contribution in [3.8, 4) is 5.75 Å². The van der Waals surface area contributed by atoms with Gasteiger partial charge in [-0.15, -0.1) is 0 Å². The highest BCUT2D eigenvalue weighted by atomic mass is 16.3. The van der Waals surface area contributed by atoms with Gasteiger partial charge in [0.1, 0.15) is 5.75 Å². The Morgan fingerprint density at radius 1 is 1.13 bits per heavy atom. The highest BCUT2D eigenvalue weighted by Crippen LogP contribution is 2.33. The highest BCUT2D eigenvalue weighted by Gasteiger charge is 2.10. The molecule has 0 aromatic heterocycles. The Hall–Kier alpha value is -1.50. The van der Waals surface area contributed by atoms with Crippen LogP contribution in [0, 0.1) is 0 Å². The van der Waals surface area contributed by atoms with Crippen LogP contribution in [0.2, 0.25) is 0 Å². The molecule has 0 saturated heterocycles. The van der Waals surface area contributed by atoms with E-state index < -0.39 is 0 Å². The van der Waals surface area contributed by atoms with E-state index >= 15 is 0 Å². The average Bonchev–Trinajstić information content (AvgIpc) is 2.17. The second-order valence-electron chi connectivity index (χ2n) is 3.95. The van der Waals surface area contributed by atoms with E-state index in [1.165, 1.54) is 5.56 Å². The number of aryl methyl sites for hydroxylation is 1. The summed E-state index contributed by atoms with van der Waals surface area (Å²) >= 11 is 0. The molecule has 0 aliphatic rings. The van der Waals surface area contributed by atoms with Crippen molar-refractivity contribution in [2.24, 2.45) is 0 Å². The lowest BCUT2D eigenvalue weighted by atomic mass is 9.96. The molecule has 0 amide bonds. The molecule has 0 radical (unpaired) electrons. The largest absolute Gasteiger partial charge is 0.507 e. The van der Waals surface area contributed by atoms with Gasteiger partial charge in [-0.05, 0) is 49.1 Å². The molecule has 0 bridgehead atoms. The number of aromatic hydroxyl groups is 1. The van der Waals surface area contributed by atoms with Crippen LogP contribution in [0.15, 0.2) is 25.3 Å².